The molecule has 1 atom stereocenters. The molecule has 0 heterocycles. The molecule has 6 nitrogen and oxygen atoms in total. The average Bonchev–Trinajstić information content (AvgIpc) is 3.13. The van der Waals surface area contributed by atoms with Gasteiger partial charge in [-0.1, -0.05) is 91.0 Å². The van der Waals surface area contributed by atoms with Gasteiger partial charge in [0, 0.05) is 38.5 Å². The fourth-order valence-electron chi connectivity index (χ4n) is 6.59. The van der Waals surface area contributed by atoms with Gasteiger partial charge in [0.15, 0.2) is 0 Å². The Kier molecular flexibility index (Phi) is 7.02. The maximum atomic E-state index is 12.3. The summed E-state index contributed by atoms with van der Waals surface area (Å²) in [4.78, 5) is 28.0. The van der Waals surface area contributed by atoms with Crippen molar-refractivity contribution in [2.24, 2.45) is 4.95 Å². The van der Waals surface area contributed by atoms with Gasteiger partial charge in [0.05, 0.1) is 16.7 Å². The number of nitroso groups, excluding NO2 is 1. The smallest absolute Gasteiger partial charge is 0.323 e. The molecule has 0 saturated heterocycles. The van der Waals surface area contributed by atoms with Crippen LogP contribution in [0.4, 0.5) is 34.1 Å². The van der Waals surface area contributed by atoms with E-state index < -0.39 is 7.52 Å². The predicted octanol–water partition coefficient (Wildman–Crippen LogP) is 11.1. The molecule has 0 bridgehead atoms. The van der Waals surface area contributed by atoms with Crippen LogP contribution in [0.1, 0.15) is 0 Å². The van der Waals surface area contributed by atoms with Gasteiger partial charge in [0.1, 0.15) is 0 Å². The van der Waals surface area contributed by atoms with Crippen molar-refractivity contribution < 1.29 is 9.46 Å². The molecule has 0 fully saturated rings. The minimum Gasteiger partial charge on any atom is -0.323 e. The lowest BCUT2D eigenvalue weighted by atomic mass is 9.91. The molecule has 8 rings (SSSR count). The second-order valence-electron chi connectivity index (χ2n) is 11.4. The fraction of sp³-hybridized carbons (Fsp3) is 0. The van der Waals surface area contributed by atoms with Crippen LogP contribution in [-0.2, 0) is 4.57 Å². The largest absolute Gasteiger partial charge is 0.379 e. The van der Waals surface area contributed by atoms with Gasteiger partial charge in [-0.3, -0.25) is 4.57 Å². The van der Waals surface area contributed by atoms with Crippen LogP contribution in [0.3, 0.4) is 0 Å². The molecule has 226 valence electrons. The Hall–Kier alpha value is -5.81. The molecule has 0 aliphatic carbocycles. The summed E-state index contributed by atoms with van der Waals surface area (Å²) in [6.45, 7) is 0. The van der Waals surface area contributed by atoms with Crippen LogP contribution in [-0.4, -0.2) is 4.89 Å². The molecule has 0 aliphatic heterocycles. The molecular formula is C40H28N3O3P. The van der Waals surface area contributed by atoms with E-state index in [0.29, 0.717) is 0 Å². The molecule has 0 aliphatic rings. The van der Waals surface area contributed by atoms with E-state index in [2.05, 4.69) is 112 Å². The van der Waals surface area contributed by atoms with Gasteiger partial charge in [-0.25, -0.2) is 0 Å². The molecule has 0 saturated carbocycles. The summed E-state index contributed by atoms with van der Waals surface area (Å²) in [5, 5.41) is 6.82. The molecule has 8 aromatic rings. The Labute approximate surface area is 271 Å². The molecule has 0 aromatic heterocycles. The quantitative estimate of drug-likeness (QED) is 0.103. The lowest BCUT2D eigenvalue weighted by Crippen LogP contribution is -2.12. The van der Waals surface area contributed by atoms with Crippen LogP contribution < -0.4 is 15.1 Å². The molecule has 1 N–H and O–H groups in total. The summed E-state index contributed by atoms with van der Waals surface area (Å²) >= 11 is 0. The summed E-state index contributed by atoms with van der Waals surface area (Å²) < 4.78 is 12.3. The molecule has 47 heavy (non-hydrogen) atoms. The van der Waals surface area contributed by atoms with Crippen molar-refractivity contribution >= 4 is 79.3 Å². The van der Waals surface area contributed by atoms with Crippen LogP contribution in [0.15, 0.2) is 169 Å². The fourth-order valence-corrected chi connectivity index (χ4v) is 7.22. The van der Waals surface area contributed by atoms with E-state index in [9.17, 15) is 14.4 Å². The Morgan fingerprint density at radius 3 is 1.19 bits per heavy atom. The van der Waals surface area contributed by atoms with E-state index >= 15 is 0 Å². The standard InChI is InChI=1S/C40H28N3O3P/c44-41-47(45,46)34-22-20-33(21-23-34)43(32-14-8-3-9-15-32)38-27-19-29-16-24-35-37(26-18-28-17-25-36(38)40(29)39(28)35)42(30-10-4-1-5-11-30)31-12-6-2-7-13-31/h1-27H,(H,45,46). The third-order valence-electron chi connectivity index (χ3n) is 8.70. The zero-order chi connectivity index (χ0) is 32.0. The summed E-state index contributed by atoms with van der Waals surface area (Å²) in [6, 6.07) is 54.8. The topological polar surface area (TPSA) is 73.2 Å². The van der Waals surface area contributed by atoms with Crippen molar-refractivity contribution in [3.63, 3.8) is 0 Å². The minimum absolute atomic E-state index is 0.00596. The molecule has 7 heteroatoms. The van der Waals surface area contributed by atoms with Crippen molar-refractivity contribution in [3.8, 4) is 0 Å². The van der Waals surface area contributed by atoms with E-state index in [0.717, 1.165) is 61.1 Å². The number of nitrogens with zero attached hydrogens (tertiary/aromatic N) is 3. The first-order chi connectivity index (χ1) is 23.0. The van der Waals surface area contributed by atoms with Gasteiger partial charge in [-0.05, 0) is 94.3 Å². The van der Waals surface area contributed by atoms with Gasteiger partial charge in [-0.2, -0.15) is 0 Å². The van der Waals surface area contributed by atoms with Crippen LogP contribution >= 0.6 is 7.52 Å². The summed E-state index contributed by atoms with van der Waals surface area (Å²) in [5.74, 6) is 0. The van der Waals surface area contributed by atoms with Gasteiger partial charge in [0.25, 0.3) is 0 Å². The van der Waals surface area contributed by atoms with E-state index in [4.69, 9.17) is 0 Å². The highest BCUT2D eigenvalue weighted by molar-refractivity contribution is 7.64. The Balaban J connectivity index is 1.38. The van der Waals surface area contributed by atoms with E-state index in [1.807, 2.05) is 42.5 Å². The normalized spacial score (nSPS) is 12.7. The van der Waals surface area contributed by atoms with Gasteiger partial charge >= 0.3 is 7.52 Å². The van der Waals surface area contributed by atoms with E-state index in [1.54, 1.807) is 12.1 Å². The number of rotatable bonds is 8. The lowest BCUT2D eigenvalue weighted by Gasteiger charge is -2.29. The molecule has 8 aromatic carbocycles. The Morgan fingerprint density at radius 2 is 0.809 bits per heavy atom. The first-order valence-corrected chi connectivity index (χ1v) is 16.9. The number of anilines is 6. The number of hydrogen-bond donors (Lipinski definition) is 1. The highest BCUT2D eigenvalue weighted by atomic mass is 31.2. The Morgan fingerprint density at radius 1 is 0.447 bits per heavy atom. The zero-order valence-electron chi connectivity index (χ0n) is 25.1. The molecule has 0 spiro atoms. The van der Waals surface area contributed by atoms with Crippen LogP contribution in [0, 0.1) is 4.91 Å². The number of hydrogen-bond acceptors (Lipinski definition) is 4. The monoisotopic (exact) mass is 629 g/mol. The average molecular weight is 630 g/mol. The number of benzene rings is 8. The van der Waals surface area contributed by atoms with E-state index in [1.165, 1.54) is 17.5 Å². The molecular weight excluding hydrogens is 601 g/mol. The third kappa shape index (κ3) is 4.92. The van der Waals surface area contributed by atoms with Crippen molar-refractivity contribution in [2.75, 3.05) is 9.80 Å². The maximum Gasteiger partial charge on any atom is 0.379 e. The van der Waals surface area contributed by atoms with Crippen LogP contribution in [0.25, 0.3) is 32.3 Å². The van der Waals surface area contributed by atoms with Gasteiger partial charge < -0.3 is 14.7 Å². The molecule has 1 unspecified atom stereocenters. The number of para-hydroxylation sites is 3. The predicted molar refractivity (Wildman–Crippen MR) is 195 cm³/mol. The lowest BCUT2D eigenvalue weighted by molar-refractivity contribution is 0.491. The van der Waals surface area contributed by atoms with Gasteiger partial charge in [-0.15, -0.1) is 4.91 Å². The molecule has 0 amide bonds. The van der Waals surface area contributed by atoms with Crippen molar-refractivity contribution in [2.45, 2.75) is 0 Å². The maximum absolute atomic E-state index is 12.3. The van der Waals surface area contributed by atoms with E-state index in [-0.39, 0.29) is 5.30 Å². The third-order valence-corrected chi connectivity index (χ3v) is 9.89. The van der Waals surface area contributed by atoms with Crippen LogP contribution in [0.2, 0.25) is 0 Å². The zero-order valence-corrected chi connectivity index (χ0v) is 26.0. The summed E-state index contributed by atoms with van der Waals surface area (Å²) in [6.07, 6.45) is 0. The summed E-state index contributed by atoms with van der Waals surface area (Å²) in [7, 11) is -4.31. The highest BCUT2D eigenvalue weighted by Crippen LogP contribution is 2.47. The van der Waals surface area contributed by atoms with Crippen molar-refractivity contribution in [1.82, 2.24) is 0 Å². The van der Waals surface area contributed by atoms with Crippen molar-refractivity contribution in [1.29, 1.82) is 0 Å². The second-order valence-corrected chi connectivity index (χ2v) is 13.2. The molecule has 0 radical (unpaired) electrons. The summed E-state index contributed by atoms with van der Waals surface area (Å²) in [5.41, 5.74) is 5.90. The van der Waals surface area contributed by atoms with Crippen LogP contribution in [0.5, 0.6) is 0 Å². The Bertz CT molecular complexity index is 2380. The first-order valence-electron chi connectivity index (χ1n) is 15.3. The second kappa shape index (κ2) is 11.5. The van der Waals surface area contributed by atoms with Crippen molar-refractivity contribution in [3.05, 3.63) is 169 Å². The SMILES string of the molecule is O=NP(=O)(O)c1ccc(N(c2ccccc2)c2ccc3ccc4c(N(c5ccccc5)c5ccccc5)ccc5ccc2c3c54)cc1. The minimum atomic E-state index is -4.31. The van der Waals surface area contributed by atoms with Gasteiger partial charge in [0.2, 0.25) is 0 Å². The first kappa shape index (κ1) is 28.6. The highest BCUT2D eigenvalue weighted by Gasteiger charge is 2.24.